The highest BCUT2D eigenvalue weighted by atomic mass is 32.3. The lowest BCUT2D eigenvalue weighted by molar-refractivity contribution is 0.198. The fraction of sp³-hybridized carbons (Fsp3) is 1.00. The summed E-state index contributed by atoms with van der Waals surface area (Å²) in [6.45, 7) is 7.58. The van der Waals surface area contributed by atoms with E-state index in [9.17, 15) is 13.7 Å². The summed E-state index contributed by atoms with van der Waals surface area (Å²) < 4.78 is 35.3. The van der Waals surface area contributed by atoms with Gasteiger partial charge in [-0.15, -0.1) is 4.72 Å². The Labute approximate surface area is 120 Å². The van der Waals surface area contributed by atoms with Gasteiger partial charge in [0.2, 0.25) is 0 Å². The summed E-state index contributed by atoms with van der Waals surface area (Å²) in [7, 11) is -2.52. The van der Waals surface area contributed by atoms with Crippen LogP contribution in [0.3, 0.4) is 0 Å². The van der Waals surface area contributed by atoms with Crippen LogP contribution in [0, 0.1) is 5.41 Å². The predicted molar refractivity (Wildman–Crippen MR) is 81.9 cm³/mol. The fourth-order valence-corrected chi connectivity index (χ4v) is 6.50. The quantitative estimate of drug-likeness (QED) is 0.581. The molecule has 0 bridgehead atoms. The van der Waals surface area contributed by atoms with Crippen LogP contribution in [0.15, 0.2) is 0 Å². The second-order valence-electron chi connectivity index (χ2n) is 6.78. The van der Waals surface area contributed by atoms with Crippen LogP contribution in [0.2, 0.25) is 0 Å². The highest BCUT2D eigenvalue weighted by Gasteiger charge is 2.52. The predicted octanol–water partition coefficient (Wildman–Crippen LogP) is 1.54. The largest absolute Gasteiger partial charge is 0.598 e. The molecule has 0 aliphatic carbocycles. The minimum atomic E-state index is -2.52. The van der Waals surface area contributed by atoms with Gasteiger partial charge in [0.15, 0.2) is 0 Å². The third kappa shape index (κ3) is 3.58. The Morgan fingerprint density at radius 2 is 1.89 bits per heavy atom. The molecule has 5 nitrogen and oxygen atoms in total. The molecule has 0 radical (unpaired) electrons. The topological polar surface area (TPSA) is 87.6 Å². The Balaban J connectivity index is 2.12. The molecule has 114 valence electrons. The van der Waals surface area contributed by atoms with Gasteiger partial charge in [-0.1, -0.05) is 0 Å². The molecule has 0 amide bonds. The molecule has 2 saturated heterocycles. The lowest BCUT2D eigenvalue weighted by Crippen LogP contribution is -2.54. The molecular weight excluding hydrogens is 284 g/mol. The maximum Gasteiger partial charge on any atom is 0.136 e. The highest BCUT2D eigenvalue weighted by molar-refractivity contribution is 8.24. The Kier molecular flexibility index (Phi) is 4.48. The first-order valence-corrected chi connectivity index (χ1v) is 9.81. The van der Waals surface area contributed by atoms with Crippen molar-refractivity contribution in [3.63, 3.8) is 0 Å². The fourth-order valence-electron chi connectivity index (χ4n) is 2.95. The van der Waals surface area contributed by atoms with Crippen LogP contribution >= 0.6 is 10.6 Å². The van der Waals surface area contributed by atoms with E-state index in [1.807, 2.05) is 20.8 Å². The van der Waals surface area contributed by atoms with Crippen molar-refractivity contribution in [2.75, 3.05) is 24.6 Å². The normalized spacial score (nSPS) is 33.3. The molecule has 0 saturated carbocycles. The van der Waals surface area contributed by atoms with Gasteiger partial charge in [0.1, 0.15) is 4.75 Å². The van der Waals surface area contributed by atoms with Crippen molar-refractivity contribution in [3.05, 3.63) is 0 Å². The molecule has 2 rings (SSSR count). The van der Waals surface area contributed by atoms with Crippen LogP contribution in [0.1, 0.15) is 33.6 Å². The first kappa shape index (κ1) is 15.9. The summed E-state index contributed by atoms with van der Waals surface area (Å²) >= 11 is -1.17. The molecule has 4 N–H and O–H groups in total. The van der Waals surface area contributed by atoms with Crippen LogP contribution < -0.4 is 10.0 Å². The smallest absolute Gasteiger partial charge is 0.136 e. The Morgan fingerprint density at radius 1 is 1.32 bits per heavy atom. The minimum Gasteiger partial charge on any atom is -0.598 e. The molecule has 1 spiro atoms. The van der Waals surface area contributed by atoms with Gasteiger partial charge in [0, 0.05) is 22.5 Å². The van der Waals surface area contributed by atoms with E-state index in [-0.39, 0.29) is 16.2 Å². The number of piperidine rings is 1. The van der Waals surface area contributed by atoms with E-state index in [1.54, 1.807) is 0 Å². The number of rotatable bonds is 2. The van der Waals surface area contributed by atoms with Gasteiger partial charge in [-0.2, -0.15) is 10.6 Å². The Hall–Kier alpha value is 0.500. The third-order valence-corrected chi connectivity index (χ3v) is 7.61. The Morgan fingerprint density at radius 3 is 2.42 bits per heavy atom. The van der Waals surface area contributed by atoms with Crippen molar-refractivity contribution in [2.45, 2.75) is 44.4 Å². The average molecular weight is 310 g/mol. The van der Waals surface area contributed by atoms with Crippen LogP contribution in [0.5, 0.6) is 0 Å². The van der Waals surface area contributed by atoms with Crippen LogP contribution in [0.25, 0.3) is 0 Å². The first-order chi connectivity index (χ1) is 8.65. The van der Waals surface area contributed by atoms with Crippen molar-refractivity contribution >= 4 is 22.0 Å². The standard InChI is InChI=1S/C12H26N2O3S2/c1-11(2,3)18(15)14-10-8-19(16,17)9-12(10)4-6-13-7-5-12/h10,13-14,16-17H,4-9H2,1-3H3. The van der Waals surface area contributed by atoms with Crippen LogP contribution in [-0.2, 0) is 11.4 Å². The summed E-state index contributed by atoms with van der Waals surface area (Å²) in [5.41, 5.74) is -0.106. The number of nitrogens with one attached hydrogen (secondary N) is 2. The maximum absolute atomic E-state index is 12.3. The summed E-state index contributed by atoms with van der Waals surface area (Å²) in [6, 6.07) is -0.0559. The second kappa shape index (κ2) is 5.36. The molecule has 2 atom stereocenters. The van der Waals surface area contributed by atoms with Gasteiger partial charge in [0.25, 0.3) is 0 Å². The van der Waals surface area contributed by atoms with E-state index in [2.05, 4.69) is 10.0 Å². The Bertz CT molecular complexity index is 327. The monoisotopic (exact) mass is 310 g/mol. The molecule has 2 aliphatic heterocycles. The summed E-state index contributed by atoms with van der Waals surface area (Å²) in [6.07, 6.45) is 1.84. The number of hydrogen-bond donors (Lipinski definition) is 4. The van der Waals surface area contributed by atoms with Gasteiger partial charge < -0.3 is 9.87 Å². The van der Waals surface area contributed by atoms with Crippen LogP contribution in [-0.4, -0.2) is 49.0 Å². The van der Waals surface area contributed by atoms with E-state index in [4.69, 9.17) is 0 Å². The first-order valence-electron chi connectivity index (χ1n) is 6.77. The van der Waals surface area contributed by atoms with Crippen molar-refractivity contribution < 1.29 is 13.7 Å². The van der Waals surface area contributed by atoms with Gasteiger partial charge in [-0.05, 0) is 46.7 Å². The van der Waals surface area contributed by atoms with Crippen molar-refractivity contribution in [3.8, 4) is 0 Å². The lowest BCUT2D eigenvalue weighted by atomic mass is 9.76. The molecule has 0 aromatic carbocycles. The van der Waals surface area contributed by atoms with Gasteiger partial charge in [-0.3, -0.25) is 9.11 Å². The van der Waals surface area contributed by atoms with Crippen molar-refractivity contribution in [1.82, 2.24) is 10.0 Å². The van der Waals surface area contributed by atoms with Crippen molar-refractivity contribution in [2.24, 2.45) is 5.41 Å². The van der Waals surface area contributed by atoms with E-state index >= 15 is 0 Å². The SMILES string of the molecule is CC(C)(C)[S+]([O-])NC1CS(O)(O)CC12CCNCC2. The zero-order chi connectivity index (χ0) is 14.3. The summed E-state index contributed by atoms with van der Waals surface area (Å²) in [5, 5.41) is 3.31. The van der Waals surface area contributed by atoms with Gasteiger partial charge in [0.05, 0.1) is 11.8 Å². The zero-order valence-electron chi connectivity index (χ0n) is 11.9. The highest BCUT2D eigenvalue weighted by Crippen LogP contribution is 2.57. The minimum absolute atomic E-state index is 0.0559. The van der Waals surface area contributed by atoms with E-state index in [1.165, 1.54) is 0 Å². The molecule has 19 heavy (non-hydrogen) atoms. The molecular formula is C12H26N2O3S2. The summed E-state index contributed by atoms with van der Waals surface area (Å²) in [4.78, 5) is 0. The van der Waals surface area contributed by atoms with E-state index in [0.717, 1.165) is 25.9 Å². The van der Waals surface area contributed by atoms with Crippen molar-refractivity contribution in [1.29, 1.82) is 0 Å². The molecule has 2 heterocycles. The molecule has 0 aromatic rings. The van der Waals surface area contributed by atoms with E-state index < -0.39 is 22.0 Å². The molecule has 7 heteroatoms. The van der Waals surface area contributed by atoms with Gasteiger partial charge >= 0.3 is 0 Å². The van der Waals surface area contributed by atoms with Crippen LogP contribution in [0.4, 0.5) is 0 Å². The third-order valence-electron chi connectivity index (χ3n) is 4.10. The maximum atomic E-state index is 12.3. The second-order valence-corrected chi connectivity index (χ2v) is 11.0. The number of hydrogen-bond acceptors (Lipinski definition) is 5. The molecule has 0 aromatic heterocycles. The zero-order valence-corrected chi connectivity index (χ0v) is 13.6. The molecule has 2 unspecified atom stereocenters. The molecule has 2 aliphatic rings. The molecule has 2 fully saturated rings. The van der Waals surface area contributed by atoms with Gasteiger partial charge in [-0.25, -0.2) is 0 Å². The summed E-state index contributed by atoms with van der Waals surface area (Å²) in [5.74, 6) is 0.801. The lowest BCUT2D eigenvalue weighted by Gasteiger charge is -2.39. The van der Waals surface area contributed by atoms with E-state index in [0.29, 0.717) is 11.5 Å². The average Bonchev–Trinajstić information content (AvgIpc) is 2.49.